The Hall–Kier alpha value is -2.46. The number of nitrogens with zero attached hydrogens (tertiary/aromatic N) is 5. The van der Waals surface area contributed by atoms with E-state index >= 15 is 0 Å². The van der Waals surface area contributed by atoms with Gasteiger partial charge in [-0.25, -0.2) is 0 Å². The van der Waals surface area contributed by atoms with Crippen molar-refractivity contribution in [1.29, 1.82) is 0 Å². The highest BCUT2D eigenvalue weighted by Crippen LogP contribution is 2.14. The fourth-order valence-electron chi connectivity index (χ4n) is 2.34. The van der Waals surface area contributed by atoms with Crippen molar-refractivity contribution in [3.05, 3.63) is 29.3 Å². The summed E-state index contributed by atoms with van der Waals surface area (Å²) in [6.07, 6.45) is 2.24. The Labute approximate surface area is 154 Å². The maximum Gasteiger partial charge on any atom is 0.266 e. The van der Waals surface area contributed by atoms with E-state index in [1.54, 1.807) is 24.3 Å². The number of hydrogen-bond donors (Lipinski definition) is 3. The fraction of sp³-hybridized carbons (Fsp3) is 0.357. The van der Waals surface area contributed by atoms with E-state index in [1.807, 2.05) is 4.90 Å². The van der Waals surface area contributed by atoms with Crippen molar-refractivity contribution in [1.82, 2.24) is 31.1 Å². The molecule has 0 spiro atoms. The first kappa shape index (κ1) is 17.4. The second-order valence-corrected chi connectivity index (χ2v) is 6.29. The maximum atomic E-state index is 11.9. The van der Waals surface area contributed by atoms with Gasteiger partial charge in [-0.3, -0.25) is 15.6 Å². The van der Waals surface area contributed by atoms with Gasteiger partial charge < -0.3 is 10.2 Å². The number of nitrogens with one attached hydrogen (secondary N) is 3. The molecule has 132 valence electrons. The summed E-state index contributed by atoms with van der Waals surface area (Å²) in [5, 5.41) is 15.9. The Morgan fingerprint density at radius 3 is 2.64 bits per heavy atom. The van der Waals surface area contributed by atoms with Crippen LogP contribution in [0.15, 0.2) is 24.3 Å². The lowest BCUT2D eigenvalue weighted by Gasteiger charge is -2.11. The van der Waals surface area contributed by atoms with E-state index in [9.17, 15) is 4.79 Å². The van der Waals surface area contributed by atoms with Crippen LogP contribution in [0.3, 0.4) is 0 Å². The Morgan fingerprint density at radius 1 is 1.20 bits per heavy atom. The van der Waals surface area contributed by atoms with Crippen LogP contribution in [0.5, 0.6) is 0 Å². The number of carbonyl (C=O) groups excluding carboxylic acids is 1. The average Bonchev–Trinajstić information content (AvgIpc) is 3.26. The molecule has 0 bridgehead atoms. The number of aromatic nitrogens is 4. The molecule has 1 aliphatic rings. The van der Waals surface area contributed by atoms with Crippen LogP contribution in [-0.2, 0) is 11.3 Å². The maximum absolute atomic E-state index is 11.9. The second-order valence-electron chi connectivity index (χ2n) is 5.45. The van der Waals surface area contributed by atoms with E-state index in [0.717, 1.165) is 31.6 Å². The quantitative estimate of drug-likeness (QED) is 0.532. The monoisotopic (exact) mass is 380 g/mol. The number of carbonyl (C=O) groups is 1. The summed E-state index contributed by atoms with van der Waals surface area (Å²) >= 11 is 10.9. The van der Waals surface area contributed by atoms with Crippen LogP contribution in [0.25, 0.3) is 0 Å². The zero-order chi connectivity index (χ0) is 17.6. The summed E-state index contributed by atoms with van der Waals surface area (Å²) in [6, 6.07) is 7.02. The molecule has 1 fully saturated rings. The van der Waals surface area contributed by atoms with Crippen LogP contribution in [0.4, 0.5) is 11.6 Å². The Balaban J connectivity index is 1.43. The summed E-state index contributed by atoms with van der Waals surface area (Å²) in [7, 11) is 0. The minimum absolute atomic E-state index is 0.0581. The van der Waals surface area contributed by atoms with Gasteiger partial charge in [0.15, 0.2) is 5.11 Å². The van der Waals surface area contributed by atoms with Crippen LogP contribution in [0, 0.1) is 0 Å². The highest BCUT2D eigenvalue weighted by Gasteiger charge is 2.17. The number of benzene rings is 1. The molecule has 0 saturated carbocycles. The molecule has 1 aromatic heterocycles. The number of amides is 1. The summed E-state index contributed by atoms with van der Waals surface area (Å²) in [5.74, 6) is 0.212. The van der Waals surface area contributed by atoms with Crippen molar-refractivity contribution < 1.29 is 4.79 Å². The molecule has 3 N–H and O–H groups in total. The molecule has 1 amide bonds. The van der Waals surface area contributed by atoms with E-state index < -0.39 is 0 Å². The molecular formula is C14H17ClN8OS. The molecular weight excluding hydrogens is 364 g/mol. The Bertz CT molecular complexity index is 744. The van der Waals surface area contributed by atoms with Crippen LogP contribution in [0.2, 0.25) is 5.02 Å². The van der Waals surface area contributed by atoms with Crippen LogP contribution in [0.1, 0.15) is 12.8 Å². The number of rotatable bonds is 4. The largest absolute Gasteiger partial charge is 0.338 e. The first-order chi connectivity index (χ1) is 12.1. The molecule has 0 unspecified atom stereocenters. The van der Waals surface area contributed by atoms with E-state index in [0.29, 0.717) is 11.0 Å². The molecule has 1 saturated heterocycles. The van der Waals surface area contributed by atoms with Crippen molar-refractivity contribution >= 4 is 46.5 Å². The van der Waals surface area contributed by atoms with Gasteiger partial charge in [0.25, 0.3) is 11.9 Å². The van der Waals surface area contributed by atoms with E-state index in [-0.39, 0.29) is 17.6 Å². The Morgan fingerprint density at radius 2 is 1.92 bits per heavy atom. The number of thiocarbonyl (C=S) groups is 1. The van der Waals surface area contributed by atoms with E-state index in [2.05, 4.69) is 31.6 Å². The fourth-order valence-corrected chi connectivity index (χ4v) is 2.63. The van der Waals surface area contributed by atoms with Gasteiger partial charge in [0.05, 0.1) is 0 Å². The third kappa shape index (κ3) is 5.00. The molecule has 2 heterocycles. The minimum atomic E-state index is -0.342. The van der Waals surface area contributed by atoms with E-state index in [1.165, 1.54) is 4.80 Å². The van der Waals surface area contributed by atoms with Crippen molar-refractivity contribution in [2.45, 2.75) is 19.4 Å². The lowest BCUT2D eigenvalue weighted by atomic mass is 10.3. The molecule has 1 aromatic carbocycles. The third-order valence-electron chi connectivity index (χ3n) is 3.53. The van der Waals surface area contributed by atoms with Gasteiger partial charge in [-0.05, 0) is 54.5 Å². The molecule has 0 aliphatic carbocycles. The zero-order valence-electron chi connectivity index (χ0n) is 13.3. The lowest BCUT2D eigenvalue weighted by Crippen LogP contribution is -2.45. The summed E-state index contributed by atoms with van der Waals surface area (Å²) in [4.78, 5) is 15.2. The molecule has 9 nitrogen and oxygen atoms in total. The van der Waals surface area contributed by atoms with Gasteiger partial charge in [-0.15, -0.1) is 5.10 Å². The van der Waals surface area contributed by atoms with Gasteiger partial charge in [0, 0.05) is 23.8 Å². The highest BCUT2D eigenvalue weighted by atomic mass is 35.5. The lowest BCUT2D eigenvalue weighted by molar-refractivity contribution is -0.122. The van der Waals surface area contributed by atoms with Gasteiger partial charge in [0.2, 0.25) is 0 Å². The number of hydrogen-bond acceptors (Lipinski definition) is 6. The number of hydrazine groups is 1. The molecule has 25 heavy (non-hydrogen) atoms. The number of anilines is 2. The smallest absolute Gasteiger partial charge is 0.266 e. The van der Waals surface area contributed by atoms with Gasteiger partial charge in [-0.2, -0.15) is 4.80 Å². The van der Waals surface area contributed by atoms with Crippen molar-refractivity contribution in [2.24, 2.45) is 0 Å². The zero-order valence-corrected chi connectivity index (χ0v) is 14.8. The highest BCUT2D eigenvalue weighted by molar-refractivity contribution is 7.80. The first-order valence-corrected chi connectivity index (χ1v) is 8.53. The van der Waals surface area contributed by atoms with Crippen molar-refractivity contribution in [2.75, 3.05) is 23.3 Å². The SMILES string of the molecule is O=C(Cn1nnc(N2CCCC2)n1)NNC(=S)Nc1ccc(Cl)cc1. The average molecular weight is 381 g/mol. The van der Waals surface area contributed by atoms with Crippen LogP contribution < -0.4 is 21.1 Å². The van der Waals surface area contributed by atoms with Crippen LogP contribution >= 0.6 is 23.8 Å². The minimum Gasteiger partial charge on any atom is -0.338 e. The molecule has 1 aliphatic heterocycles. The number of halogens is 1. The third-order valence-corrected chi connectivity index (χ3v) is 3.99. The summed E-state index contributed by atoms with van der Waals surface area (Å²) < 4.78 is 0. The van der Waals surface area contributed by atoms with Crippen molar-refractivity contribution in [3.8, 4) is 0 Å². The normalized spacial score (nSPS) is 13.6. The predicted octanol–water partition coefficient (Wildman–Crippen LogP) is 0.944. The topological polar surface area (TPSA) is 100 Å². The Kier molecular flexibility index (Phi) is 5.61. The molecule has 0 atom stereocenters. The molecule has 11 heteroatoms. The van der Waals surface area contributed by atoms with Gasteiger partial charge in [0.1, 0.15) is 6.54 Å². The summed E-state index contributed by atoms with van der Waals surface area (Å²) in [5.41, 5.74) is 5.85. The molecule has 0 radical (unpaired) electrons. The molecule has 3 rings (SSSR count). The van der Waals surface area contributed by atoms with E-state index in [4.69, 9.17) is 23.8 Å². The van der Waals surface area contributed by atoms with Gasteiger partial charge >= 0.3 is 0 Å². The molecule has 2 aromatic rings. The van der Waals surface area contributed by atoms with Gasteiger partial charge in [-0.1, -0.05) is 16.7 Å². The number of tetrazole rings is 1. The van der Waals surface area contributed by atoms with Crippen LogP contribution in [-0.4, -0.2) is 44.3 Å². The predicted molar refractivity (Wildman–Crippen MR) is 98.2 cm³/mol. The van der Waals surface area contributed by atoms with Crippen molar-refractivity contribution in [3.63, 3.8) is 0 Å². The first-order valence-electron chi connectivity index (χ1n) is 7.74. The summed E-state index contributed by atoms with van der Waals surface area (Å²) in [6.45, 7) is 1.78. The standard InChI is InChI=1S/C14H17ClN8OS/c15-10-3-5-11(6-4-10)16-14(25)19-17-12(24)9-23-20-13(18-21-23)22-7-1-2-8-22/h3-6H,1-2,7-9H2,(H,17,24)(H2,16,19,25). The second kappa shape index (κ2) is 8.08.